The van der Waals surface area contributed by atoms with Crippen molar-refractivity contribution in [1.29, 1.82) is 0 Å². The van der Waals surface area contributed by atoms with Crippen LogP contribution in [-0.2, 0) is 11.8 Å². The number of carbonyl (C=O) groups is 1. The zero-order valence-electron chi connectivity index (χ0n) is 22.3. The number of nitrogens with one attached hydrogen (secondary N) is 1. The van der Waals surface area contributed by atoms with Crippen LogP contribution in [0, 0.1) is 5.92 Å². The van der Waals surface area contributed by atoms with Crippen molar-refractivity contribution in [3.63, 3.8) is 0 Å². The van der Waals surface area contributed by atoms with Crippen LogP contribution in [-0.4, -0.2) is 81.7 Å². The highest BCUT2D eigenvalue weighted by atomic mass is 16.5. The Morgan fingerprint density at radius 1 is 1.21 bits per heavy atom. The molecule has 3 N–H and O–H groups in total. The second-order valence-electron chi connectivity index (χ2n) is 9.24. The molecule has 1 amide bonds. The Balaban J connectivity index is 1.39. The number of anilines is 2. The maximum absolute atomic E-state index is 12.5. The van der Waals surface area contributed by atoms with Crippen molar-refractivity contribution in [1.82, 2.24) is 35.0 Å². The number of aryl methyl sites for hydroxylation is 1. The molecule has 0 spiro atoms. The largest absolute Gasteiger partial charge is 0.489 e. The maximum atomic E-state index is 12.5. The van der Waals surface area contributed by atoms with E-state index in [1.165, 1.54) is 0 Å². The van der Waals surface area contributed by atoms with Crippen LogP contribution in [0.2, 0.25) is 0 Å². The van der Waals surface area contributed by atoms with Crippen LogP contribution in [0.1, 0.15) is 37.3 Å². The van der Waals surface area contributed by atoms with Crippen molar-refractivity contribution in [3.05, 3.63) is 30.5 Å². The summed E-state index contributed by atoms with van der Waals surface area (Å²) in [7, 11) is 3.46. The topological polar surface area (TPSA) is 155 Å². The monoisotopic (exact) mass is 525 g/mol. The predicted molar refractivity (Wildman–Crippen MR) is 141 cm³/mol. The van der Waals surface area contributed by atoms with E-state index in [-0.39, 0.29) is 23.8 Å². The summed E-state index contributed by atoms with van der Waals surface area (Å²) in [5.41, 5.74) is 7.92. The van der Waals surface area contributed by atoms with E-state index < -0.39 is 0 Å². The highest BCUT2D eigenvalue weighted by molar-refractivity contribution is 5.90. The SMILES string of the molecule is CCNC(=O)c1nc(O[C@H](C)COC)nc(N2CCC(COc3cc(-c4cnn(C)c4)cnc3N)CC2)n1. The number of nitrogens with zero attached hydrogens (tertiary/aromatic N) is 7. The van der Waals surface area contributed by atoms with Crippen molar-refractivity contribution < 1.29 is 19.0 Å². The molecule has 13 heteroatoms. The third-order valence-electron chi connectivity index (χ3n) is 6.14. The van der Waals surface area contributed by atoms with Gasteiger partial charge in [-0.2, -0.15) is 20.1 Å². The molecule has 3 aromatic rings. The summed E-state index contributed by atoms with van der Waals surface area (Å²) in [6.07, 6.45) is 6.84. The maximum Gasteiger partial charge on any atom is 0.322 e. The molecule has 0 bridgehead atoms. The van der Waals surface area contributed by atoms with E-state index in [0.717, 1.165) is 24.0 Å². The summed E-state index contributed by atoms with van der Waals surface area (Å²) >= 11 is 0. The number of rotatable bonds is 11. The first kappa shape index (κ1) is 27.0. The Bertz CT molecular complexity index is 1230. The van der Waals surface area contributed by atoms with Gasteiger partial charge >= 0.3 is 6.01 Å². The molecule has 1 aliphatic rings. The van der Waals surface area contributed by atoms with E-state index in [2.05, 4.69) is 30.4 Å². The smallest absolute Gasteiger partial charge is 0.322 e. The minimum atomic E-state index is -0.372. The molecule has 0 aliphatic carbocycles. The van der Waals surface area contributed by atoms with Gasteiger partial charge in [-0.15, -0.1) is 0 Å². The fraction of sp³-hybridized carbons (Fsp3) is 0.520. The summed E-state index contributed by atoms with van der Waals surface area (Å²) in [6, 6.07) is 2.00. The number of aromatic nitrogens is 6. The Kier molecular flexibility index (Phi) is 8.89. The van der Waals surface area contributed by atoms with Gasteiger partial charge in [0.15, 0.2) is 11.6 Å². The number of nitrogens with two attached hydrogens (primary N) is 1. The first-order valence-corrected chi connectivity index (χ1v) is 12.7. The summed E-state index contributed by atoms with van der Waals surface area (Å²) in [5.74, 6) is 1.30. The standard InChI is InChI=1S/C25H35N9O4/c1-5-27-23(35)22-30-24(32-25(31-22)38-16(2)14-36-4)34-8-6-17(7-9-34)15-37-20-10-18(11-28-21(20)26)19-12-29-33(3)13-19/h10-13,16-17H,5-9,14-15H2,1-4H3,(H2,26,28)(H,27,35)/t16-/m1/s1. The van der Waals surface area contributed by atoms with Crippen molar-refractivity contribution in [2.24, 2.45) is 13.0 Å². The van der Waals surface area contributed by atoms with Gasteiger partial charge in [-0.1, -0.05) is 0 Å². The van der Waals surface area contributed by atoms with E-state index in [9.17, 15) is 4.79 Å². The van der Waals surface area contributed by atoms with Crippen LogP contribution in [0.25, 0.3) is 11.1 Å². The van der Waals surface area contributed by atoms with E-state index in [1.54, 1.807) is 24.2 Å². The lowest BCUT2D eigenvalue weighted by molar-refractivity contribution is 0.0839. The molecule has 13 nitrogen and oxygen atoms in total. The van der Waals surface area contributed by atoms with E-state index >= 15 is 0 Å². The Morgan fingerprint density at radius 3 is 2.68 bits per heavy atom. The molecule has 204 valence electrons. The fourth-order valence-corrected chi connectivity index (χ4v) is 4.14. The summed E-state index contributed by atoms with van der Waals surface area (Å²) in [6.45, 7) is 6.43. The van der Waals surface area contributed by atoms with Gasteiger partial charge in [0.25, 0.3) is 5.91 Å². The van der Waals surface area contributed by atoms with Crippen LogP contribution in [0.4, 0.5) is 11.8 Å². The van der Waals surface area contributed by atoms with Crippen LogP contribution in [0.3, 0.4) is 0 Å². The number of amides is 1. The predicted octanol–water partition coefficient (Wildman–Crippen LogP) is 1.71. The van der Waals surface area contributed by atoms with Gasteiger partial charge < -0.3 is 30.2 Å². The highest BCUT2D eigenvalue weighted by Crippen LogP contribution is 2.29. The molecule has 0 radical (unpaired) electrons. The number of ether oxygens (including phenoxy) is 3. The molecule has 4 rings (SSSR count). The zero-order chi connectivity index (χ0) is 27.1. The molecular formula is C25H35N9O4. The molecule has 1 saturated heterocycles. The number of pyridine rings is 1. The number of methoxy groups -OCH3 is 1. The number of hydrogen-bond acceptors (Lipinski definition) is 11. The zero-order valence-corrected chi connectivity index (χ0v) is 22.3. The number of piperidine rings is 1. The van der Waals surface area contributed by atoms with E-state index in [4.69, 9.17) is 19.9 Å². The first-order valence-electron chi connectivity index (χ1n) is 12.7. The van der Waals surface area contributed by atoms with E-state index in [0.29, 0.717) is 56.3 Å². The Labute approximate surface area is 221 Å². The Hall–Kier alpha value is -4.00. The number of hydrogen-bond donors (Lipinski definition) is 2. The first-order chi connectivity index (χ1) is 18.4. The van der Waals surface area contributed by atoms with Crippen LogP contribution < -0.4 is 25.4 Å². The molecule has 0 unspecified atom stereocenters. The molecule has 0 aromatic carbocycles. The van der Waals surface area contributed by atoms with Gasteiger partial charge in [0.05, 0.1) is 19.4 Å². The molecule has 1 atom stereocenters. The van der Waals surface area contributed by atoms with Crippen LogP contribution >= 0.6 is 0 Å². The van der Waals surface area contributed by atoms with Crippen molar-refractivity contribution in [3.8, 4) is 22.9 Å². The molecule has 1 fully saturated rings. The normalized spacial score (nSPS) is 14.8. The third-order valence-corrected chi connectivity index (χ3v) is 6.14. The molecule has 38 heavy (non-hydrogen) atoms. The van der Waals surface area contributed by atoms with Crippen LogP contribution in [0.5, 0.6) is 11.8 Å². The molecule has 4 heterocycles. The van der Waals surface area contributed by atoms with Gasteiger partial charge in [-0.25, -0.2) is 4.98 Å². The molecule has 1 aliphatic heterocycles. The lowest BCUT2D eigenvalue weighted by Crippen LogP contribution is -2.37. The minimum Gasteiger partial charge on any atom is -0.489 e. The second-order valence-corrected chi connectivity index (χ2v) is 9.24. The summed E-state index contributed by atoms with van der Waals surface area (Å²) in [4.78, 5) is 31.9. The van der Waals surface area contributed by atoms with Gasteiger partial charge in [-0.3, -0.25) is 9.48 Å². The average molecular weight is 526 g/mol. The van der Waals surface area contributed by atoms with E-state index in [1.807, 2.05) is 38.1 Å². The second kappa shape index (κ2) is 12.5. The third kappa shape index (κ3) is 6.85. The van der Waals surface area contributed by atoms with Gasteiger partial charge in [0.2, 0.25) is 11.8 Å². The average Bonchev–Trinajstić information content (AvgIpc) is 3.34. The minimum absolute atomic E-state index is 0.0263. The van der Waals surface area contributed by atoms with Crippen molar-refractivity contribution >= 4 is 17.7 Å². The van der Waals surface area contributed by atoms with Crippen molar-refractivity contribution in [2.45, 2.75) is 32.8 Å². The van der Waals surface area contributed by atoms with Gasteiger partial charge in [0, 0.05) is 57.3 Å². The van der Waals surface area contributed by atoms with Gasteiger partial charge in [-0.05, 0) is 38.7 Å². The molecule has 3 aromatic heterocycles. The molecule has 0 saturated carbocycles. The summed E-state index contributed by atoms with van der Waals surface area (Å²) < 4.78 is 18.7. The quantitative estimate of drug-likeness (QED) is 0.376. The highest BCUT2D eigenvalue weighted by Gasteiger charge is 2.25. The van der Waals surface area contributed by atoms with Crippen LogP contribution in [0.15, 0.2) is 24.7 Å². The molecular weight excluding hydrogens is 490 g/mol. The number of carbonyl (C=O) groups excluding carboxylic acids is 1. The van der Waals surface area contributed by atoms with Gasteiger partial charge in [0.1, 0.15) is 6.10 Å². The lowest BCUT2D eigenvalue weighted by atomic mass is 9.98. The number of nitrogen functional groups attached to an aromatic ring is 1. The van der Waals surface area contributed by atoms with Crippen molar-refractivity contribution in [2.75, 3.05) is 50.6 Å². The lowest BCUT2D eigenvalue weighted by Gasteiger charge is -2.32. The Morgan fingerprint density at radius 2 is 2.00 bits per heavy atom. The summed E-state index contributed by atoms with van der Waals surface area (Å²) in [5, 5.41) is 6.94. The fourth-order valence-electron chi connectivity index (χ4n) is 4.14.